The molecule has 0 saturated carbocycles. The number of anilines is 2. The van der Waals surface area contributed by atoms with E-state index in [1.54, 1.807) is 30.3 Å². The molecule has 4 rings (SSSR count). The zero-order valence-corrected chi connectivity index (χ0v) is 17.9. The maximum Gasteiger partial charge on any atom is 0.282 e. The normalized spacial score (nSPS) is 13.7. The number of ether oxygens (including phenoxy) is 1. The van der Waals surface area contributed by atoms with Crippen molar-refractivity contribution in [3.63, 3.8) is 0 Å². The summed E-state index contributed by atoms with van der Waals surface area (Å²) < 4.78 is 5.55. The lowest BCUT2D eigenvalue weighted by molar-refractivity contribution is -0.120. The maximum absolute atomic E-state index is 13.4. The Balaban J connectivity index is 1.78. The van der Waals surface area contributed by atoms with Crippen LogP contribution in [-0.2, 0) is 9.59 Å². The average molecular weight is 433 g/mol. The standard InChI is InChI=1S/C25H21ClN2O3/c1-3-31-21-6-4-5-19(15-21)27-23-22(17-9-7-16(2)8-10-17)24(29)28(25(23)30)20-13-11-18(26)12-14-20/h4-15,27H,3H2,1-2H3. The van der Waals surface area contributed by atoms with Crippen molar-refractivity contribution in [2.24, 2.45) is 0 Å². The molecule has 0 aliphatic carbocycles. The Morgan fingerprint density at radius 2 is 1.65 bits per heavy atom. The second-order valence-corrected chi connectivity index (χ2v) is 7.56. The van der Waals surface area contributed by atoms with Gasteiger partial charge in [0.2, 0.25) is 0 Å². The summed E-state index contributed by atoms with van der Waals surface area (Å²) >= 11 is 5.98. The van der Waals surface area contributed by atoms with E-state index in [9.17, 15) is 9.59 Å². The van der Waals surface area contributed by atoms with Crippen LogP contribution in [0.15, 0.2) is 78.5 Å². The van der Waals surface area contributed by atoms with Crippen molar-refractivity contribution in [3.05, 3.63) is 94.6 Å². The van der Waals surface area contributed by atoms with Crippen LogP contribution < -0.4 is 15.0 Å². The fourth-order valence-electron chi connectivity index (χ4n) is 3.43. The number of amides is 2. The zero-order valence-electron chi connectivity index (χ0n) is 17.2. The number of halogens is 1. The molecule has 6 heteroatoms. The van der Waals surface area contributed by atoms with Crippen molar-refractivity contribution in [2.45, 2.75) is 13.8 Å². The molecule has 1 aliphatic heterocycles. The molecule has 0 saturated heterocycles. The molecule has 3 aromatic carbocycles. The first-order valence-corrected chi connectivity index (χ1v) is 10.3. The number of aryl methyl sites for hydroxylation is 1. The van der Waals surface area contributed by atoms with Gasteiger partial charge in [0.05, 0.1) is 17.9 Å². The Morgan fingerprint density at radius 3 is 2.32 bits per heavy atom. The molecule has 0 radical (unpaired) electrons. The van der Waals surface area contributed by atoms with Gasteiger partial charge in [-0.25, -0.2) is 4.90 Å². The number of hydrogen-bond donors (Lipinski definition) is 1. The summed E-state index contributed by atoms with van der Waals surface area (Å²) in [5.74, 6) is -0.138. The number of rotatable bonds is 6. The molecule has 0 fully saturated rings. The predicted octanol–water partition coefficient (Wildman–Crippen LogP) is 5.44. The van der Waals surface area contributed by atoms with E-state index in [0.717, 1.165) is 5.56 Å². The molecule has 0 atom stereocenters. The second kappa shape index (κ2) is 8.66. The van der Waals surface area contributed by atoms with Crippen molar-refractivity contribution in [3.8, 4) is 5.75 Å². The lowest BCUT2D eigenvalue weighted by Gasteiger charge is -2.15. The van der Waals surface area contributed by atoms with Gasteiger partial charge in [-0.3, -0.25) is 9.59 Å². The van der Waals surface area contributed by atoms with Crippen LogP contribution in [0.25, 0.3) is 5.57 Å². The Labute approximate surface area is 185 Å². The smallest absolute Gasteiger partial charge is 0.282 e. The highest BCUT2D eigenvalue weighted by molar-refractivity contribution is 6.46. The summed E-state index contributed by atoms with van der Waals surface area (Å²) in [4.78, 5) is 28.0. The van der Waals surface area contributed by atoms with Crippen LogP contribution in [0.2, 0.25) is 5.02 Å². The Kier molecular flexibility index (Phi) is 5.78. The average Bonchev–Trinajstić information content (AvgIpc) is 3.00. The van der Waals surface area contributed by atoms with E-state index < -0.39 is 5.91 Å². The Hall–Kier alpha value is -3.57. The van der Waals surface area contributed by atoms with Gasteiger partial charge in [-0.05, 0) is 55.8 Å². The molecule has 31 heavy (non-hydrogen) atoms. The summed E-state index contributed by atoms with van der Waals surface area (Å²) in [7, 11) is 0. The van der Waals surface area contributed by atoms with Gasteiger partial charge >= 0.3 is 0 Å². The molecule has 5 nitrogen and oxygen atoms in total. The van der Waals surface area contributed by atoms with Crippen molar-refractivity contribution in [2.75, 3.05) is 16.8 Å². The van der Waals surface area contributed by atoms with Gasteiger partial charge in [0.15, 0.2) is 0 Å². The minimum Gasteiger partial charge on any atom is -0.494 e. The molecule has 156 valence electrons. The van der Waals surface area contributed by atoms with Crippen molar-refractivity contribution in [1.29, 1.82) is 0 Å². The number of nitrogens with one attached hydrogen (secondary N) is 1. The molecule has 1 heterocycles. The van der Waals surface area contributed by atoms with Gasteiger partial charge in [-0.1, -0.05) is 47.5 Å². The zero-order chi connectivity index (χ0) is 22.0. The molecule has 1 N–H and O–H groups in total. The number of carbonyl (C=O) groups is 2. The molecule has 0 spiro atoms. The highest BCUT2D eigenvalue weighted by atomic mass is 35.5. The van der Waals surface area contributed by atoms with E-state index in [0.29, 0.717) is 39.9 Å². The minimum absolute atomic E-state index is 0.220. The molecular formula is C25H21ClN2O3. The largest absolute Gasteiger partial charge is 0.494 e. The van der Waals surface area contributed by atoms with E-state index >= 15 is 0 Å². The van der Waals surface area contributed by atoms with Crippen LogP contribution in [0.5, 0.6) is 5.75 Å². The summed E-state index contributed by atoms with van der Waals surface area (Å²) in [6.45, 7) is 4.40. The lowest BCUT2D eigenvalue weighted by atomic mass is 10.0. The van der Waals surface area contributed by atoms with Crippen LogP contribution in [0.1, 0.15) is 18.1 Å². The first-order valence-electron chi connectivity index (χ1n) is 9.93. The van der Waals surface area contributed by atoms with Crippen molar-refractivity contribution in [1.82, 2.24) is 0 Å². The van der Waals surface area contributed by atoms with Crippen molar-refractivity contribution >= 4 is 40.4 Å². The monoisotopic (exact) mass is 432 g/mol. The molecule has 3 aromatic rings. The Morgan fingerprint density at radius 1 is 0.935 bits per heavy atom. The lowest BCUT2D eigenvalue weighted by Crippen LogP contribution is -2.32. The van der Waals surface area contributed by atoms with Crippen LogP contribution in [0.3, 0.4) is 0 Å². The second-order valence-electron chi connectivity index (χ2n) is 7.12. The number of hydrogen-bond acceptors (Lipinski definition) is 4. The summed E-state index contributed by atoms with van der Waals surface area (Å²) in [5, 5.41) is 3.68. The highest BCUT2D eigenvalue weighted by Gasteiger charge is 2.40. The third kappa shape index (κ3) is 4.18. The summed E-state index contributed by atoms with van der Waals surface area (Å²) in [5.41, 5.74) is 3.39. The van der Waals surface area contributed by atoms with Crippen LogP contribution in [0.4, 0.5) is 11.4 Å². The van der Waals surface area contributed by atoms with Crippen LogP contribution in [-0.4, -0.2) is 18.4 Å². The highest BCUT2D eigenvalue weighted by Crippen LogP contribution is 2.34. The number of nitrogens with zero attached hydrogens (tertiary/aromatic N) is 1. The van der Waals surface area contributed by atoms with Crippen molar-refractivity contribution < 1.29 is 14.3 Å². The molecule has 0 aromatic heterocycles. The fourth-order valence-corrected chi connectivity index (χ4v) is 3.56. The molecule has 1 aliphatic rings. The van der Waals surface area contributed by atoms with E-state index in [1.807, 2.05) is 56.3 Å². The molecule has 2 amide bonds. The third-order valence-electron chi connectivity index (χ3n) is 4.92. The Bertz CT molecular complexity index is 1170. The van der Waals surface area contributed by atoms with Gasteiger partial charge in [-0.15, -0.1) is 0 Å². The summed E-state index contributed by atoms with van der Waals surface area (Å²) in [6.07, 6.45) is 0. The van der Waals surface area contributed by atoms with E-state index in [4.69, 9.17) is 16.3 Å². The van der Waals surface area contributed by atoms with Crippen LogP contribution >= 0.6 is 11.6 Å². The third-order valence-corrected chi connectivity index (χ3v) is 5.18. The quantitative estimate of drug-likeness (QED) is 0.526. The summed E-state index contributed by atoms with van der Waals surface area (Å²) in [6, 6.07) is 21.4. The predicted molar refractivity (Wildman–Crippen MR) is 123 cm³/mol. The van der Waals surface area contributed by atoms with E-state index in [2.05, 4.69) is 5.32 Å². The molecule has 0 unspecified atom stereocenters. The first-order chi connectivity index (χ1) is 15.0. The number of carbonyl (C=O) groups excluding carboxylic acids is 2. The van der Waals surface area contributed by atoms with Gasteiger partial charge in [0.1, 0.15) is 11.4 Å². The number of imide groups is 1. The van der Waals surface area contributed by atoms with E-state index in [1.165, 1.54) is 4.90 Å². The van der Waals surface area contributed by atoms with Gasteiger partial charge in [0.25, 0.3) is 11.8 Å². The van der Waals surface area contributed by atoms with Gasteiger partial charge in [-0.2, -0.15) is 0 Å². The molecular weight excluding hydrogens is 412 g/mol. The number of benzene rings is 3. The minimum atomic E-state index is -0.426. The first kappa shape index (κ1) is 20.7. The van der Waals surface area contributed by atoms with Crippen LogP contribution in [0, 0.1) is 6.92 Å². The topological polar surface area (TPSA) is 58.6 Å². The van der Waals surface area contributed by atoms with Gasteiger partial charge < -0.3 is 10.1 Å². The van der Waals surface area contributed by atoms with Gasteiger partial charge in [0, 0.05) is 16.8 Å². The molecule has 0 bridgehead atoms. The van der Waals surface area contributed by atoms with E-state index in [-0.39, 0.29) is 11.6 Å². The SMILES string of the molecule is CCOc1cccc(NC2=C(c3ccc(C)cc3)C(=O)N(c3ccc(Cl)cc3)C2=O)c1. The fraction of sp³-hybridized carbons (Fsp3) is 0.120. The maximum atomic E-state index is 13.4.